The van der Waals surface area contributed by atoms with Crippen LogP contribution in [0.2, 0.25) is 0 Å². The van der Waals surface area contributed by atoms with Crippen molar-refractivity contribution < 1.29 is 9.59 Å². The molecular formula is C28H29N5O2. The number of rotatable bonds is 6. The first-order valence-corrected chi connectivity index (χ1v) is 11.9. The molecule has 1 atom stereocenters. The fourth-order valence-corrected chi connectivity index (χ4v) is 4.74. The zero-order chi connectivity index (χ0) is 24.4. The molecular weight excluding hydrogens is 438 g/mol. The van der Waals surface area contributed by atoms with Crippen LogP contribution in [0.15, 0.2) is 66.9 Å². The van der Waals surface area contributed by atoms with Crippen LogP contribution in [0.5, 0.6) is 0 Å². The number of urea groups is 1. The molecule has 5 rings (SSSR count). The van der Waals surface area contributed by atoms with Crippen LogP contribution in [0.1, 0.15) is 45.1 Å². The molecule has 4 aromatic rings. The summed E-state index contributed by atoms with van der Waals surface area (Å²) in [5.41, 5.74) is 13.3. The number of aromatic amines is 1. The first kappa shape index (κ1) is 22.5. The van der Waals surface area contributed by atoms with E-state index in [2.05, 4.69) is 46.1 Å². The van der Waals surface area contributed by atoms with Gasteiger partial charge < -0.3 is 26.7 Å². The van der Waals surface area contributed by atoms with Crippen LogP contribution >= 0.6 is 0 Å². The molecule has 0 aliphatic heterocycles. The second-order valence-corrected chi connectivity index (χ2v) is 9.06. The molecule has 3 aromatic carbocycles. The van der Waals surface area contributed by atoms with Gasteiger partial charge in [0.05, 0.1) is 17.4 Å². The van der Waals surface area contributed by atoms with E-state index in [1.54, 1.807) is 18.2 Å². The molecule has 0 bridgehead atoms. The van der Waals surface area contributed by atoms with Gasteiger partial charge in [-0.3, -0.25) is 4.79 Å². The Labute approximate surface area is 204 Å². The van der Waals surface area contributed by atoms with Crippen molar-refractivity contribution in [3.63, 3.8) is 0 Å². The van der Waals surface area contributed by atoms with Crippen molar-refractivity contribution in [3.8, 4) is 0 Å². The highest BCUT2D eigenvalue weighted by atomic mass is 16.2. The number of fused-ring (bicyclic) bond motifs is 2. The summed E-state index contributed by atoms with van der Waals surface area (Å²) in [7, 11) is 0. The molecule has 35 heavy (non-hydrogen) atoms. The number of nitrogens with two attached hydrogens (primary N) is 1. The second-order valence-electron chi connectivity index (χ2n) is 9.06. The highest BCUT2D eigenvalue weighted by molar-refractivity contribution is 6.05. The Bertz CT molecular complexity index is 1410. The average Bonchev–Trinajstić information content (AvgIpc) is 3.43. The highest BCUT2D eigenvalue weighted by Gasteiger charge is 2.25. The average molecular weight is 468 g/mol. The summed E-state index contributed by atoms with van der Waals surface area (Å²) in [6, 6.07) is 18.9. The van der Waals surface area contributed by atoms with Crippen molar-refractivity contribution in [1.29, 1.82) is 0 Å². The predicted octanol–water partition coefficient (Wildman–Crippen LogP) is 4.84. The van der Waals surface area contributed by atoms with Crippen LogP contribution in [-0.2, 0) is 12.8 Å². The molecule has 1 unspecified atom stereocenters. The van der Waals surface area contributed by atoms with Crippen molar-refractivity contribution >= 4 is 34.2 Å². The molecule has 1 aliphatic rings. The summed E-state index contributed by atoms with van der Waals surface area (Å²) in [6.45, 7) is 2.62. The van der Waals surface area contributed by atoms with E-state index >= 15 is 0 Å². The number of para-hydroxylation sites is 2. The van der Waals surface area contributed by atoms with Gasteiger partial charge in [-0.25, -0.2) is 4.79 Å². The zero-order valence-corrected chi connectivity index (χ0v) is 19.7. The van der Waals surface area contributed by atoms with Crippen molar-refractivity contribution in [2.75, 3.05) is 17.6 Å². The molecule has 0 saturated carbocycles. The van der Waals surface area contributed by atoms with Gasteiger partial charge in [0.1, 0.15) is 0 Å². The topological polar surface area (TPSA) is 112 Å². The second kappa shape index (κ2) is 9.54. The van der Waals surface area contributed by atoms with Crippen LogP contribution in [-0.4, -0.2) is 23.5 Å². The Morgan fingerprint density at radius 2 is 1.94 bits per heavy atom. The summed E-state index contributed by atoms with van der Waals surface area (Å²) in [5.74, 6) is -0.202. The van der Waals surface area contributed by atoms with Crippen LogP contribution in [0.4, 0.5) is 16.2 Å². The van der Waals surface area contributed by atoms with Gasteiger partial charge >= 0.3 is 6.03 Å². The minimum atomic E-state index is -0.202. The summed E-state index contributed by atoms with van der Waals surface area (Å²) in [4.78, 5) is 28.5. The number of amides is 3. The lowest BCUT2D eigenvalue weighted by atomic mass is 10.0. The minimum absolute atomic E-state index is 0.0667. The number of benzene rings is 3. The standard InChI is InChI=1S/C28H29N5O2/c1-17-6-9-22-20(16-31-26(22)14-17)12-13-30-28(35)33-24-11-8-18-15-19(7-10-21(18)24)27(34)32-25-5-3-2-4-23(25)29/h2-7,9-10,14-16,24,31H,8,11-13,29H2,1H3,(H,32,34)(H2,30,33,35). The molecule has 7 heteroatoms. The summed E-state index contributed by atoms with van der Waals surface area (Å²) < 4.78 is 0. The van der Waals surface area contributed by atoms with E-state index in [0.717, 1.165) is 35.9 Å². The number of carbonyl (C=O) groups excluding carboxylic acids is 2. The molecule has 0 fully saturated rings. The molecule has 1 aromatic heterocycles. The molecule has 1 heterocycles. The first-order chi connectivity index (χ1) is 17.0. The van der Waals surface area contributed by atoms with Gasteiger partial charge in [-0.15, -0.1) is 0 Å². The van der Waals surface area contributed by atoms with E-state index in [9.17, 15) is 9.59 Å². The quantitative estimate of drug-likeness (QED) is 0.262. The lowest BCUT2D eigenvalue weighted by Crippen LogP contribution is -2.38. The van der Waals surface area contributed by atoms with Gasteiger partial charge in [0.15, 0.2) is 0 Å². The summed E-state index contributed by atoms with van der Waals surface area (Å²) in [5, 5.41) is 10.1. The first-order valence-electron chi connectivity index (χ1n) is 11.9. The third-order valence-corrected chi connectivity index (χ3v) is 6.60. The number of hydrogen-bond donors (Lipinski definition) is 5. The van der Waals surface area contributed by atoms with Gasteiger partial charge in [0.2, 0.25) is 0 Å². The fraction of sp³-hybridized carbons (Fsp3) is 0.214. The van der Waals surface area contributed by atoms with Gasteiger partial charge in [-0.05, 0) is 78.8 Å². The van der Waals surface area contributed by atoms with Gasteiger partial charge in [-0.2, -0.15) is 0 Å². The lowest BCUT2D eigenvalue weighted by Gasteiger charge is -2.15. The Balaban J connectivity index is 1.16. The maximum absolute atomic E-state index is 12.7. The van der Waals surface area contributed by atoms with Crippen molar-refractivity contribution in [2.45, 2.75) is 32.2 Å². The molecule has 0 spiro atoms. The van der Waals surface area contributed by atoms with Crippen LogP contribution in [0, 0.1) is 6.92 Å². The molecule has 3 amide bonds. The van der Waals surface area contributed by atoms with Crippen LogP contribution in [0.25, 0.3) is 10.9 Å². The predicted molar refractivity (Wildman–Crippen MR) is 140 cm³/mol. The third-order valence-electron chi connectivity index (χ3n) is 6.60. The van der Waals surface area contributed by atoms with Crippen molar-refractivity contribution in [3.05, 3.63) is 94.7 Å². The van der Waals surface area contributed by atoms with Crippen LogP contribution in [0.3, 0.4) is 0 Å². The molecule has 1 aliphatic carbocycles. The number of aryl methyl sites for hydroxylation is 2. The van der Waals surface area contributed by atoms with Crippen LogP contribution < -0.4 is 21.7 Å². The van der Waals surface area contributed by atoms with E-state index in [1.165, 1.54) is 16.5 Å². The minimum Gasteiger partial charge on any atom is -0.397 e. The van der Waals surface area contributed by atoms with Crippen molar-refractivity contribution in [1.82, 2.24) is 15.6 Å². The largest absolute Gasteiger partial charge is 0.397 e. The van der Waals surface area contributed by atoms with Gasteiger partial charge in [0.25, 0.3) is 5.91 Å². The number of aromatic nitrogens is 1. The van der Waals surface area contributed by atoms with E-state index < -0.39 is 0 Å². The third kappa shape index (κ3) is 4.84. The van der Waals surface area contributed by atoms with E-state index in [0.29, 0.717) is 23.5 Å². The molecule has 178 valence electrons. The molecule has 0 radical (unpaired) electrons. The maximum atomic E-state index is 12.7. The number of H-pyrrole nitrogens is 1. The molecule has 0 saturated heterocycles. The lowest BCUT2D eigenvalue weighted by molar-refractivity contribution is 0.102. The number of carbonyl (C=O) groups is 2. The maximum Gasteiger partial charge on any atom is 0.315 e. The molecule has 7 nitrogen and oxygen atoms in total. The highest BCUT2D eigenvalue weighted by Crippen LogP contribution is 2.32. The van der Waals surface area contributed by atoms with Gasteiger partial charge in [0, 0.05) is 29.2 Å². The fourth-order valence-electron chi connectivity index (χ4n) is 4.74. The van der Waals surface area contributed by atoms with Crippen molar-refractivity contribution in [2.24, 2.45) is 0 Å². The summed E-state index contributed by atoms with van der Waals surface area (Å²) in [6.07, 6.45) is 4.38. The number of nitrogen functional groups attached to an aromatic ring is 1. The normalized spacial score (nSPS) is 14.5. The number of anilines is 2. The Kier molecular flexibility index (Phi) is 6.14. The SMILES string of the molecule is Cc1ccc2c(CCNC(=O)NC3CCc4cc(C(=O)Nc5ccccc5N)ccc43)c[nH]c2c1. The molecule has 6 N–H and O–H groups in total. The van der Waals surface area contributed by atoms with Gasteiger partial charge in [-0.1, -0.05) is 30.3 Å². The monoisotopic (exact) mass is 467 g/mol. The van der Waals surface area contributed by atoms with E-state index in [4.69, 9.17) is 5.73 Å². The number of hydrogen-bond acceptors (Lipinski definition) is 3. The summed E-state index contributed by atoms with van der Waals surface area (Å²) >= 11 is 0. The smallest absolute Gasteiger partial charge is 0.315 e. The Morgan fingerprint density at radius 3 is 2.80 bits per heavy atom. The Morgan fingerprint density at radius 1 is 1.09 bits per heavy atom. The number of nitrogens with one attached hydrogen (secondary N) is 4. The Hall–Kier alpha value is -4.26. The zero-order valence-electron chi connectivity index (χ0n) is 19.7. The van der Waals surface area contributed by atoms with E-state index in [-0.39, 0.29) is 18.0 Å². The van der Waals surface area contributed by atoms with E-state index in [1.807, 2.05) is 30.5 Å².